The monoisotopic (exact) mass is 576 g/mol. The van der Waals surface area contributed by atoms with E-state index in [0.29, 0.717) is 11.1 Å². The zero-order valence-electron chi connectivity index (χ0n) is 23.4. The number of aromatic nitrogens is 1. The van der Waals surface area contributed by atoms with E-state index < -0.39 is 0 Å². The van der Waals surface area contributed by atoms with Gasteiger partial charge in [-0.05, 0) is 58.0 Å². The minimum atomic E-state index is -0.180. The Labute approximate surface area is 253 Å². The zero-order chi connectivity index (χ0) is 28.8. The van der Waals surface area contributed by atoms with Crippen molar-refractivity contribution >= 4 is 33.9 Å². The summed E-state index contributed by atoms with van der Waals surface area (Å²) in [5.74, 6) is 0.745. The molecule has 43 heavy (non-hydrogen) atoms. The van der Waals surface area contributed by atoms with Crippen molar-refractivity contribution in [3.05, 3.63) is 174 Å². The van der Waals surface area contributed by atoms with Crippen molar-refractivity contribution < 1.29 is 4.74 Å². The Hall–Kier alpha value is -5.00. The highest BCUT2D eigenvalue weighted by Gasteiger charge is 2.32. The molecule has 5 heteroatoms. The number of aryl methyl sites for hydroxylation is 1. The molecular weight excluding hydrogens is 548 g/mol. The molecule has 1 aliphatic heterocycles. The molecule has 0 fully saturated rings. The number of ether oxygens (including phenoxy) is 1. The average molecular weight is 577 g/mol. The maximum Gasteiger partial charge on any atom is 0.271 e. The summed E-state index contributed by atoms with van der Waals surface area (Å²) >= 11 is 1.45. The van der Waals surface area contributed by atoms with E-state index in [1.165, 1.54) is 38.8 Å². The Balaban J connectivity index is 1.23. The molecule has 2 heterocycles. The largest absolute Gasteiger partial charge is 0.488 e. The van der Waals surface area contributed by atoms with Gasteiger partial charge in [0.1, 0.15) is 12.4 Å². The molecule has 5 aromatic carbocycles. The van der Waals surface area contributed by atoms with Crippen LogP contribution in [0.1, 0.15) is 40.3 Å². The number of hydrogen-bond acceptors (Lipinski definition) is 4. The van der Waals surface area contributed by atoms with Crippen molar-refractivity contribution in [1.29, 1.82) is 0 Å². The maximum absolute atomic E-state index is 14.2. The van der Waals surface area contributed by atoms with Gasteiger partial charge in [0.15, 0.2) is 4.80 Å². The molecule has 6 aromatic rings. The molecule has 0 unspecified atom stereocenters. The third-order valence-electron chi connectivity index (χ3n) is 8.46. The van der Waals surface area contributed by atoms with Gasteiger partial charge in [0.25, 0.3) is 5.56 Å². The summed E-state index contributed by atoms with van der Waals surface area (Å²) in [5, 5.41) is 2.37. The fraction of sp³-hybridized carbons (Fsp3) is 0.105. The summed E-state index contributed by atoms with van der Waals surface area (Å²) in [5.41, 5.74) is 7.80. The van der Waals surface area contributed by atoms with Gasteiger partial charge in [-0.1, -0.05) is 127 Å². The Bertz CT molecular complexity index is 2220. The molecule has 208 valence electrons. The average Bonchev–Trinajstić information content (AvgIpc) is 3.37. The van der Waals surface area contributed by atoms with E-state index in [4.69, 9.17) is 9.73 Å². The highest BCUT2D eigenvalue weighted by molar-refractivity contribution is 7.07. The van der Waals surface area contributed by atoms with Crippen LogP contribution in [-0.4, -0.2) is 4.57 Å². The predicted octanol–water partition coefficient (Wildman–Crippen LogP) is 7.05. The fourth-order valence-corrected chi connectivity index (χ4v) is 7.40. The van der Waals surface area contributed by atoms with E-state index in [2.05, 4.69) is 78.9 Å². The van der Waals surface area contributed by atoms with E-state index in [1.54, 1.807) is 0 Å². The quantitative estimate of drug-likeness (QED) is 0.221. The molecule has 0 radical (unpaired) electrons. The van der Waals surface area contributed by atoms with Crippen LogP contribution in [0, 0.1) is 0 Å². The second-order valence-electron chi connectivity index (χ2n) is 11.0. The molecular formula is C38H28N2O2S. The normalized spacial score (nSPS) is 15.9. The first-order valence-electron chi connectivity index (χ1n) is 14.6. The lowest BCUT2D eigenvalue weighted by Crippen LogP contribution is -2.38. The summed E-state index contributed by atoms with van der Waals surface area (Å²) in [4.78, 5) is 20.1. The van der Waals surface area contributed by atoms with Crippen LogP contribution in [0.3, 0.4) is 0 Å². The first-order valence-corrected chi connectivity index (χ1v) is 15.4. The van der Waals surface area contributed by atoms with Crippen LogP contribution in [0.25, 0.3) is 22.5 Å². The first kappa shape index (κ1) is 25.7. The highest BCUT2D eigenvalue weighted by Crippen LogP contribution is 2.41. The molecule has 4 nitrogen and oxygen atoms in total. The van der Waals surface area contributed by atoms with E-state index in [0.717, 1.165) is 45.8 Å². The molecule has 2 aliphatic rings. The SMILES string of the molecule is O=c1/c(=C/c2ccccc2OCc2cccc3ccccc23)sc2n1[C@H](c1ccccc1)C1=C(N=2)c2ccccc2CC1. The van der Waals surface area contributed by atoms with Crippen LogP contribution < -0.4 is 19.6 Å². The number of hydrogen-bond donors (Lipinski definition) is 0. The second kappa shape index (κ2) is 10.7. The molecule has 1 aliphatic carbocycles. The number of para-hydroxylation sites is 1. The van der Waals surface area contributed by atoms with Gasteiger partial charge in [-0.2, -0.15) is 0 Å². The van der Waals surface area contributed by atoms with Gasteiger partial charge < -0.3 is 4.74 Å². The lowest BCUT2D eigenvalue weighted by molar-refractivity contribution is 0.307. The van der Waals surface area contributed by atoms with E-state index >= 15 is 0 Å². The molecule has 1 atom stereocenters. The fourth-order valence-electron chi connectivity index (χ4n) is 6.40. The predicted molar refractivity (Wildman–Crippen MR) is 174 cm³/mol. The summed E-state index contributed by atoms with van der Waals surface area (Å²) in [6, 6.07) is 41.3. The standard InChI is InChI=1S/C38H28N2O2S/c41-37-34(23-28-15-6-9-20-33(28)42-24-29-17-10-16-25-11-4-7-18-30(25)29)43-38-39-35-31-19-8-5-12-26(31)21-22-32(35)36(40(37)38)27-13-2-1-3-14-27/h1-20,23,36H,21-22,24H2/b34-23-/t36-/m1/s1. The summed E-state index contributed by atoms with van der Waals surface area (Å²) in [7, 11) is 0. The van der Waals surface area contributed by atoms with Crippen molar-refractivity contribution in [3.63, 3.8) is 0 Å². The van der Waals surface area contributed by atoms with E-state index in [9.17, 15) is 4.79 Å². The van der Waals surface area contributed by atoms with Crippen molar-refractivity contribution in [2.24, 2.45) is 4.99 Å². The number of nitrogens with zero attached hydrogens (tertiary/aromatic N) is 2. The van der Waals surface area contributed by atoms with Crippen LogP contribution in [-0.2, 0) is 13.0 Å². The lowest BCUT2D eigenvalue weighted by atomic mass is 9.83. The minimum absolute atomic E-state index is 0.0214. The molecule has 1 aromatic heterocycles. The minimum Gasteiger partial charge on any atom is -0.488 e. The summed E-state index contributed by atoms with van der Waals surface area (Å²) in [6.07, 6.45) is 3.78. The summed E-state index contributed by atoms with van der Waals surface area (Å²) in [6.45, 7) is 0.438. The number of rotatable bonds is 5. The van der Waals surface area contributed by atoms with Crippen LogP contribution in [0.15, 0.2) is 137 Å². The third kappa shape index (κ3) is 4.53. The Morgan fingerprint density at radius 1 is 0.814 bits per heavy atom. The van der Waals surface area contributed by atoms with Crippen LogP contribution in [0.4, 0.5) is 0 Å². The molecule has 0 bridgehead atoms. The van der Waals surface area contributed by atoms with Gasteiger partial charge in [-0.3, -0.25) is 9.36 Å². The van der Waals surface area contributed by atoms with Gasteiger partial charge in [-0.15, -0.1) is 0 Å². The van der Waals surface area contributed by atoms with Gasteiger partial charge >= 0.3 is 0 Å². The zero-order valence-corrected chi connectivity index (χ0v) is 24.3. The number of benzene rings is 5. The number of fused-ring (bicyclic) bond motifs is 4. The van der Waals surface area contributed by atoms with E-state index in [-0.39, 0.29) is 11.6 Å². The maximum atomic E-state index is 14.2. The smallest absolute Gasteiger partial charge is 0.271 e. The van der Waals surface area contributed by atoms with Crippen molar-refractivity contribution in [1.82, 2.24) is 4.57 Å². The first-order chi connectivity index (χ1) is 21.2. The summed E-state index contributed by atoms with van der Waals surface area (Å²) < 4.78 is 8.93. The molecule has 0 spiro atoms. The van der Waals surface area contributed by atoms with Crippen LogP contribution in [0.2, 0.25) is 0 Å². The number of allylic oxidation sites excluding steroid dienone is 1. The third-order valence-corrected chi connectivity index (χ3v) is 9.44. The number of thiazole rings is 1. The molecule has 8 rings (SSSR count). The topological polar surface area (TPSA) is 43.6 Å². The van der Waals surface area contributed by atoms with Crippen LogP contribution >= 0.6 is 11.3 Å². The lowest BCUT2D eigenvalue weighted by Gasteiger charge is -2.30. The molecule has 0 amide bonds. The van der Waals surface area contributed by atoms with E-state index in [1.807, 2.05) is 53.1 Å². The van der Waals surface area contributed by atoms with Crippen molar-refractivity contribution in [2.75, 3.05) is 0 Å². The molecule has 0 saturated carbocycles. The molecule has 0 N–H and O–H groups in total. The van der Waals surface area contributed by atoms with Crippen LogP contribution in [0.5, 0.6) is 5.75 Å². The Morgan fingerprint density at radius 3 is 2.51 bits per heavy atom. The Morgan fingerprint density at radius 2 is 1.58 bits per heavy atom. The highest BCUT2D eigenvalue weighted by atomic mass is 32.1. The molecule has 0 saturated heterocycles. The van der Waals surface area contributed by atoms with Crippen molar-refractivity contribution in [3.8, 4) is 5.75 Å². The van der Waals surface area contributed by atoms with Gasteiger partial charge in [0.05, 0.1) is 16.3 Å². The van der Waals surface area contributed by atoms with Gasteiger partial charge in [0, 0.05) is 11.1 Å². The van der Waals surface area contributed by atoms with Gasteiger partial charge in [-0.25, -0.2) is 4.99 Å². The van der Waals surface area contributed by atoms with Gasteiger partial charge in [0.2, 0.25) is 0 Å². The Kier molecular flexibility index (Phi) is 6.38. The second-order valence-corrected chi connectivity index (χ2v) is 12.0. The van der Waals surface area contributed by atoms with Crippen molar-refractivity contribution in [2.45, 2.75) is 25.5 Å².